The molecular formula is C12H16N2O5. The molecule has 19 heavy (non-hydrogen) atoms. The Labute approximate surface area is 110 Å². The summed E-state index contributed by atoms with van der Waals surface area (Å²) >= 11 is 0. The summed E-state index contributed by atoms with van der Waals surface area (Å²) in [5.74, 6) is -1.14. The van der Waals surface area contributed by atoms with Crippen molar-refractivity contribution in [2.45, 2.75) is 12.5 Å². The van der Waals surface area contributed by atoms with Crippen LogP contribution in [0.25, 0.3) is 0 Å². The van der Waals surface area contributed by atoms with Gasteiger partial charge >= 0.3 is 12.0 Å². The molecule has 1 aromatic rings. The van der Waals surface area contributed by atoms with Gasteiger partial charge in [0.15, 0.2) is 0 Å². The quantitative estimate of drug-likeness (QED) is 0.617. The number of hydrogen-bond donors (Lipinski definition) is 4. The summed E-state index contributed by atoms with van der Waals surface area (Å²) in [5, 5.41) is 29.0. The van der Waals surface area contributed by atoms with Crippen LogP contribution in [0.1, 0.15) is 6.42 Å². The predicted molar refractivity (Wildman–Crippen MR) is 68.2 cm³/mol. The molecule has 1 aromatic carbocycles. The highest BCUT2D eigenvalue weighted by Crippen LogP contribution is 2.17. The lowest BCUT2D eigenvalue weighted by Gasteiger charge is -2.21. The molecule has 1 atom stereocenters. The molecule has 0 aromatic heterocycles. The van der Waals surface area contributed by atoms with Crippen LogP contribution in [0.15, 0.2) is 24.3 Å². The van der Waals surface area contributed by atoms with E-state index in [1.165, 1.54) is 36.2 Å². The van der Waals surface area contributed by atoms with Crippen molar-refractivity contribution < 1.29 is 24.9 Å². The summed E-state index contributed by atoms with van der Waals surface area (Å²) in [5.41, 5.74) is 0.503. The zero-order valence-electron chi connectivity index (χ0n) is 10.4. The average molecular weight is 268 g/mol. The van der Waals surface area contributed by atoms with Crippen molar-refractivity contribution in [1.29, 1.82) is 0 Å². The molecule has 0 unspecified atom stereocenters. The third kappa shape index (κ3) is 4.14. The number of phenols is 1. The van der Waals surface area contributed by atoms with Crippen LogP contribution in [0.3, 0.4) is 0 Å². The van der Waals surface area contributed by atoms with Crippen LogP contribution in [-0.2, 0) is 4.79 Å². The lowest BCUT2D eigenvalue weighted by atomic mass is 10.2. The molecule has 0 radical (unpaired) electrons. The highest BCUT2D eigenvalue weighted by atomic mass is 16.4. The van der Waals surface area contributed by atoms with E-state index < -0.39 is 18.0 Å². The number of nitrogens with one attached hydrogen (secondary N) is 1. The van der Waals surface area contributed by atoms with Crippen LogP contribution in [-0.4, -0.2) is 47.0 Å². The number of carboxylic acid groups (broad SMARTS) is 1. The van der Waals surface area contributed by atoms with Crippen LogP contribution in [0.4, 0.5) is 10.5 Å². The number of amides is 2. The molecule has 0 saturated heterocycles. The molecule has 7 heteroatoms. The van der Waals surface area contributed by atoms with E-state index in [0.29, 0.717) is 5.69 Å². The zero-order valence-corrected chi connectivity index (χ0v) is 10.4. The van der Waals surface area contributed by atoms with Gasteiger partial charge in [0.1, 0.15) is 11.8 Å². The van der Waals surface area contributed by atoms with E-state index in [9.17, 15) is 9.59 Å². The maximum atomic E-state index is 11.8. The van der Waals surface area contributed by atoms with Gasteiger partial charge in [0.2, 0.25) is 0 Å². The van der Waals surface area contributed by atoms with Crippen LogP contribution in [0.2, 0.25) is 0 Å². The number of carbonyl (C=O) groups is 2. The molecular weight excluding hydrogens is 252 g/mol. The summed E-state index contributed by atoms with van der Waals surface area (Å²) in [6, 6.07) is 4.14. The third-order valence-corrected chi connectivity index (χ3v) is 2.56. The summed E-state index contributed by atoms with van der Waals surface area (Å²) in [4.78, 5) is 23.9. The van der Waals surface area contributed by atoms with E-state index in [1.807, 2.05) is 0 Å². The van der Waals surface area contributed by atoms with Crippen LogP contribution in [0.5, 0.6) is 5.75 Å². The van der Waals surface area contributed by atoms with Gasteiger partial charge in [-0.15, -0.1) is 0 Å². The molecule has 7 nitrogen and oxygen atoms in total. The number of aliphatic hydroxyl groups excluding tert-OH is 1. The Morgan fingerprint density at radius 3 is 2.37 bits per heavy atom. The number of urea groups is 1. The van der Waals surface area contributed by atoms with Gasteiger partial charge in [-0.2, -0.15) is 0 Å². The van der Waals surface area contributed by atoms with E-state index in [1.54, 1.807) is 0 Å². The van der Waals surface area contributed by atoms with E-state index in [-0.39, 0.29) is 18.8 Å². The fourth-order valence-electron chi connectivity index (χ4n) is 1.43. The van der Waals surface area contributed by atoms with Crippen molar-refractivity contribution in [2.24, 2.45) is 0 Å². The number of rotatable bonds is 5. The SMILES string of the molecule is CN(C(=O)N[C@H](CCO)C(=O)O)c1ccc(O)cc1. The molecule has 0 aliphatic heterocycles. The van der Waals surface area contributed by atoms with Crippen molar-refractivity contribution in [2.75, 3.05) is 18.6 Å². The third-order valence-electron chi connectivity index (χ3n) is 2.56. The minimum Gasteiger partial charge on any atom is -0.508 e. The van der Waals surface area contributed by atoms with Crippen molar-refractivity contribution in [3.05, 3.63) is 24.3 Å². The normalized spacial score (nSPS) is 11.7. The molecule has 2 amide bonds. The summed E-state index contributed by atoms with van der Waals surface area (Å²) in [6.07, 6.45) is -0.0650. The number of nitrogens with zero attached hydrogens (tertiary/aromatic N) is 1. The first kappa shape index (κ1) is 14.8. The van der Waals surface area contributed by atoms with Gasteiger partial charge < -0.3 is 20.6 Å². The van der Waals surface area contributed by atoms with E-state index in [0.717, 1.165) is 0 Å². The Hall–Kier alpha value is -2.28. The van der Waals surface area contributed by atoms with Crippen molar-refractivity contribution in [3.8, 4) is 5.75 Å². The molecule has 0 fully saturated rings. The van der Waals surface area contributed by atoms with Gasteiger partial charge in [-0.1, -0.05) is 0 Å². The second-order valence-corrected chi connectivity index (χ2v) is 3.93. The number of anilines is 1. The second-order valence-electron chi connectivity index (χ2n) is 3.93. The van der Waals surface area contributed by atoms with Crippen molar-refractivity contribution in [3.63, 3.8) is 0 Å². The van der Waals surface area contributed by atoms with E-state index in [4.69, 9.17) is 15.3 Å². The minimum atomic E-state index is -1.21. The van der Waals surface area contributed by atoms with Gasteiger partial charge in [0.25, 0.3) is 0 Å². The molecule has 0 bridgehead atoms. The van der Waals surface area contributed by atoms with Gasteiger partial charge in [-0.05, 0) is 24.3 Å². The lowest BCUT2D eigenvalue weighted by molar-refractivity contribution is -0.139. The lowest BCUT2D eigenvalue weighted by Crippen LogP contribution is -2.47. The van der Waals surface area contributed by atoms with Crippen molar-refractivity contribution in [1.82, 2.24) is 5.32 Å². The molecule has 0 aliphatic carbocycles. The molecule has 0 spiro atoms. The number of hydrogen-bond acceptors (Lipinski definition) is 4. The van der Waals surface area contributed by atoms with Gasteiger partial charge in [0, 0.05) is 25.8 Å². The Bertz CT molecular complexity index is 446. The smallest absolute Gasteiger partial charge is 0.326 e. The minimum absolute atomic E-state index is 0.0650. The van der Waals surface area contributed by atoms with Gasteiger partial charge in [-0.25, -0.2) is 9.59 Å². The number of phenolic OH excluding ortho intramolecular Hbond substituents is 1. The predicted octanol–water partition coefficient (Wildman–Crippen LogP) is 0.374. The maximum Gasteiger partial charge on any atom is 0.326 e. The standard InChI is InChI=1S/C12H16N2O5/c1-14(8-2-4-9(16)5-3-8)12(19)13-10(6-7-15)11(17)18/h2-5,10,15-16H,6-7H2,1H3,(H,13,19)(H,17,18)/t10-/m1/s1. The number of aliphatic hydroxyl groups is 1. The molecule has 104 valence electrons. The first-order valence-electron chi connectivity index (χ1n) is 5.62. The second kappa shape index (κ2) is 6.60. The van der Waals surface area contributed by atoms with E-state index in [2.05, 4.69) is 5.32 Å². The monoisotopic (exact) mass is 268 g/mol. The fourth-order valence-corrected chi connectivity index (χ4v) is 1.43. The molecule has 0 saturated carbocycles. The highest BCUT2D eigenvalue weighted by Gasteiger charge is 2.21. The van der Waals surface area contributed by atoms with Crippen LogP contribution < -0.4 is 10.2 Å². The molecule has 1 rings (SSSR count). The van der Waals surface area contributed by atoms with Crippen LogP contribution >= 0.6 is 0 Å². The van der Waals surface area contributed by atoms with Gasteiger partial charge in [-0.3, -0.25) is 4.90 Å². The largest absolute Gasteiger partial charge is 0.508 e. The molecule has 0 aliphatic rings. The number of benzene rings is 1. The Balaban J connectivity index is 2.71. The average Bonchev–Trinajstić information content (AvgIpc) is 2.38. The first-order chi connectivity index (χ1) is 8.95. The maximum absolute atomic E-state index is 11.8. The summed E-state index contributed by atoms with van der Waals surface area (Å²) in [7, 11) is 1.47. The number of carbonyl (C=O) groups excluding carboxylic acids is 1. The first-order valence-corrected chi connectivity index (χ1v) is 5.62. The molecule has 0 heterocycles. The zero-order chi connectivity index (χ0) is 14.4. The Morgan fingerprint density at radius 1 is 1.32 bits per heavy atom. The summed E-state index contributed by atoms with van der Waals surface area (Å²) < 4.78 is 0. The van der Waals surface area contributed by atoms with E-state index >= 15 is 0 Å². The Morgan fingerprint density at radius 2 is 1.89 bits per heavy atom. The number of aromatic hydroxyl groups is 1. The topological polar surface area (TPSA) is 110 Å². The fraction of sp³-hybridized carbons (Fsp3) is 0.333. The van der Waals surface area contributed by atoms with Crippen LogP contribution in [0, 0.1) is 0 Å². The van der Waals surface area contributed by atoms with Crippen molar-refractivity contribution >= 4 is 17.7 Å². The molecule has 4 N–H and O–H groups in total. The number of carboxylic acids is 1. The van der Waals surface area contributed by atoms with Gasteiger partial charge in [0.05, 0.1) is 0 Å². The highest BCUT2D eigenvalue weighted by molar-refractivity contribution is 5.94. The number of aliphatic carboxylic acids is 1. The summed E-state index contributed by atoms with van der Waals surface area (Å²) in [6.45, 7) is -0.333. The Kier molecular flexibility index (Phi) is 5.13.